The van der Waals surface area contributed by atoms with Gasteiger partial charge < -0.3 is 15.0 Å². The van der Waals surface area contributed by atoms with Crippen molar-refractivity contribution in [1.82, 2.24) is 15.3 Å². The van der Waals surface area contributed by atoms with Gasteiger partial charge >= 0.3 is 6.61 Å². The standard InChI is InChI=1S/C17H20F2N4O2S/c1-2-11-9-14(21-10-20-11)23-6-3-12(4-7-23)22-16(24)15-13(5-8-26-15)25-17(18)19/h5,8-10,12,17H,2-4,6-7H2,1H3,(H,22,24). The first-order chi connectivity index (χ1) is 12.6. The molecule has 140 valence electrons. The minimum absolute atomic E-state index is 0.00673. The van der Waals surface area contributed by atoms with E-state index in [1.807, 2.05) is 13.0 Å². The molecule has 0 radical (unpaired) electrons. The van der Waals surface area contributed by atoms with Crippen molar-refractivity contribution in [3.05, 3.63) is 34.4 Å². The van der Waals surface area contributed by atoms with Crippen LogP contribution in [0.5, 0.6) is 5.75 Å². The van der Waals surface area contributed by atoms with Gasteiger partial charge in [0.1, 0.15) is 22.8 Å². The molecular weight excluding hydrogens is 362 g/mol. The van der Waals surface area contributed by atoms with Crippen LogP contribution in [0.4, 0.5) is 14.6 Å². The van der Waals surface area contributed by atoms with E-state index in [9.17, 15) is 13.6 Å². The van der Waals surface area contributed by atoms with E-state index in [4.69, 9.17) is 0 Å². The van der Waals surface area contributed by atoms with Crippen LogP contribution in [0.25, 0.3) is 0 Å². The number of aryl methyl sites for hydroxylation is 1. The number of halogens is 2. The van der Waals surface area contributed by atoms with Crippen molar-refractivity contribution >= 4 is 23.1 Å². The van der Waals surface area contributed by atoms with Crippen molar-refractivity contribution < 1.29 is 18.3 Å². The van der Waals surface area contributed by atoms with Gasteiger partial charge in [-0.05, 0) is 30.7 Å². The zero-order valence-electron chi connectivity index (χ0n) is 14.3. The number of ether oxygens (including phenoxy) is 1. The van der Waals surface area contributed by atoms with Crippen LogP contribution in [-0.2, 0) is 6.42 Å². The molecule has 3 heterocycles. The smallest absolute Gasteiger partial charge is 0.387 e. The molecule has 9 heteroatoms. The topological polar surface area (TPSA) is 67.4 Å². The Kier molecular flexibility index (Phi) is 5.97. The number of rotatable bonds is 6. The fraction of sp³-hybridized carbons (Fsp3) is 0.471. The summed E-state index contributed by atoms with van der Waals surface area (Å²) in [6, 6.07) is 3.36. The summed E-state index contributed by atoms with van der Waals surface area (Å²) in [4.78, 5) is 23.2. The highest BCUT2D eigenvalue weighted by molar-refractivity contribution is 7.12. The second-order valence-electron chi connectivity index (χ2n) is 5.95. The van der Waals surface area contributed by atoms with E-state index in [2.05, 4.69) is 24.9 Å². The zero-order chi connectivity index (χ0) is 18.5. The van der Waals surface area contributed by atoms with Crippen molar-refractivity contribution in [3.63, 3.8) is 0 Å². The Morgan fingerprint density at radius 1 is 1.42 bits per heavy atom. The molecule has 1 saturated heterocycles. The maximum atomic E-state index is 12.4. The molecule has 1 fully saturated rings. The number of aromatic nitrogens is 2. The summed E-state index contributed by atoms with van der Waals surface area (Å²) in [5, 5.41) is 4.48. The number of amides is 1. The van der Waals surface area contributed by atoms with E-state index in [1.165, 1.54) is 6.07 Å². The first-order valence-electron chi connectivity index (χ1n) is 8.46. The molecule has 6 nitrogen and oxygen atoms in total. The van der Waals surface area contributed by atoms with Gasteiger partial charge in [0.15, 0.2) is 0 Å². The van der Waals surface area contributed by atoms with Gasteiger partial charge in [0.25, 0.3) is 5.91 Å². The van der Waals surface area contributed by atoms with Crippen LogP contribution in [0.3, 0.4) is 0 Å². The average Bonchev–Trinajstić information content (AvgIpc) is 3.10. The minimum atomic E-state index is -2.94. The van der Waals surface area contributed by atoms with Crippen LogP contribution < -0.4 is 15.0 Å². The van der Waals surface area contributed by atoms with E-state index in [0.717, 1.165) is 55.2 Å². The van der Waals surface area contributed by atoms with Gasteiger partial charge in [-0.15, -0.1) is 11.3 Å². The molecule has 1 amide bonds. The lowest BCUT2D eigenvalue weighted by Gasteiger charge is -2.33. The summed E-state index contributed by atoms with van der Waals surface area (Å²) in [5.41, 5.74) is 0.995. The molecule has 0 aromatic carbocycles. The van der Waals surface area contributed by atoms with Crippen LogP contribution in [-0.4, -0.2) is 41.6 Å². The first kappa shape index (κ1) is 18.5. The molecule has 1 aliphatic heterocycles. The first-order valence-corrected chi connectivity index (χ1v) is 9.33. The molecule has 3 rings (SSSR count). The fourth-order valence-corrected chi connectivity index (χ4v) is 3.63. The van der Waals surface area contributed by atoms with Crippen molar-refractivity contribution in [1.29, 1.82) is 0 Å². The quantitative estimate of drug-likeness (QED) is 0.832. The third-order valence-corrected chi connectivity index (χ3v) is 5.17. The summed E-state index contributed by atoms with van der Waals surface area (Å²) in [6.07, 6.45) is 3.94. The summed E-state index contributed by atoms with van der Waals surface area (Å²) < 4.78 is 29.2. The second kappa shape index (κ2) is 8.39. The molecule has 0 aliphatic carbocycles. The largest absolute Gasteiger partial charge is 0.433 e. The molecule has 1 N–H and O–H groups in total. The molecule has 0 spiro atoms. The van der Waals surface area contributed by atoms with Crippen molar-refractivity contribution in [2.45, 2.75) is 38.8 Å². The number of carbonyl (C=O) groups excluding carboxylic acids is 1. The molecule has 2 aromatic rings. The van der Waals surface area contributed by atoms with E-state index < -0.39 is 6.61 Å². The highest BCUT2D eigenvalue weighted by Gasteiger charge is 2.24. The Bertz CT molecular complexity index is 748. The molecule has 0 atom stereocenters. The second-order valence-corrected chi connectivity index (χ2v) is 6.86. The predicted molar refractivity (Wildman–Crippen MR) is 95.1 cm³/mol. The lowest BCUT2D eigenvalue weighted by atomic mass is 10.0. The minimum Gasteiger partial charge on any atom is -0.433 e. The highest BCUT2D eigenvalue weighted by Crippen LogP contribution is 2.27. The summed E-state index contributed by atoms with van der Waals surface area (Å²) in [7, 11) is 0. The van der Waals surface area contributed by atoms with Gasteiger partial charge in [0, 0.05) is 30.9 Å². The molecule has 26 heavy (non-hydrogen) atoms. The van der Waals surface area contributed by atoms with Crippen molar-refractivity contribution in [2.75, 3.05) is 18.0 Å². The maximum absolute atomic E-state index is 12.4. The number of anilines is 1. The van der Waals surface area contributed by atoms with Gasteiger partial charge in [0.2, 0.25) is 0 Å². The van der Waals surface area contributed by atoms with Gasteiger partial charge in [0.05, 0.1) is 0 Å². The van der Waals surface area contributed by atoms with Crippen LogP contribution in [0.2, 0.25) is 0 Å². The Balaban J connectivity index is 1.55. The monoisotopic (exact) mass is 382 g/mol. The number of hydrogen-bond donors (Lipinski definition) is 1. The molecule has 2 aromatic heterocycles. The summed E-state index contributed by atoms with van der Waals surface area (Å²) in [6.45, 7) is 0.622. The van der Waals surface area contributed by atoms with E-state index in [1.54, 1.807) is 11.7 Å². The lowest BCUT2D eigenvalue weighted by molar-refractivity contribution is -0.0498. The summed E-state index contributed by atoms with van der Waals surface area (Å²) >= 11 is 1.09. The number of piperidine rings is 1. The Labute approximate surface area is 154 Å². The van der Waals surface area contributed by atoms with Gasteiger partial charge in [-0.1, -0.05) is 6.92 Å². The number of carbonyl (C=O) groups is 1. The lowest BCUT2D eigenvalue weighted by Crippen LogP contribution is -2.44. The molecular formula is C17H20F2N4O2S. The van der Waals surface area contributed by atoms with Crippen LogP contribution in [0, 0.1) is 0 Å². The van der Waals surface area contributed by atoms with Gasteiger partial charge in [-0.3, -0.25) is 4.79 Å². The average molecular weight is 382 g/mol. The number of thiophene rings is 1. The zero-order valence-corrected chi connectivity index (χ0v) is 15.1. The van der Waals surface area contributed by atoms with E-state index in [-0.39, 0.29) is 22.6 Å². The molecule has 1 aliphatic rings. The summed E-state index contributed by atoms with van der Waals surface area (Å²) in [5.74, 6) is 0.449. The van der Waals surface area contributed by atoms with Crippen molar-refractivity contribution in [3.8, 4) is 5.75 Å². The fourth-order valence-electron chi connectivity index (χ4n) is 2.91. The van der Waals surface area contributed by atoms with Crippen molar-refractivity contribution in [2.24, 2.45) is 0 Å². The highest BCUT2D eigenvalue weighted by atomic mass is 32.1. The molecule has 0 bridgehead atoms. The van der Waals surface area contributed by atoms with Gasteiger partial charge in [-0.2, -0.15) is 8.78 Å². The third-order valence-electron chi connectivity index (χ3n) is 4.28. The maximum Gasteiger partial charge on any atom is 0.387 e. The molecule has 0 unspecified atom stereocenters. The number of nitrogens with zero attached hydrogens (tertiary/aromatic N) is 3. The number of hydrogen-bond acceptors (Lipinski definition) is 6. The molecule has 0 saturated carbocycles. The van der Waals surface area contributed by atoms with E-state index in [0.29, 0.717) is 0 Å². The Morgan fingerprint density at radius 3 is 2.88 bits per heavy atom. The normalized spacial score (nSPS) is 15.3. The Hall–Kier alpha value is -2.29. The number of alkyl halides is 2. The number of nitrogens with one attached hydrogen (secondary N) is 1. The Morgan fingerprint density at radius 2 is 2.19 bits per heavy atom. The van der Waals surface area contributed by atoms with Gasteiger partial charge in [-0.25, -0.2) is 9.97 Å². The van der Waals surface area contributed by atoms with E-state index >= 15 is 0 Å². The van der Waals surface area contributed by atoms with Crippen LogP contribution in [0.15, 0.2) is 23.8 Å². The predicted octanol–water partition coefficient (Wildman–Crippen LogP) is 3.10. The van der Waals surface area contributed by atoms with Crippen LogP contribution >= 0.6 is 11.3 Å². The third kappa shape index (κ3) is 4.46. The SMILES string of the molecule is CCc1cc(N2CCC(NC(=O)c3sccc3OC(F)F)CC2)ncn1. The van der Waals surface area contributed by atoms with Crippen LogP contribution in [0.1, 0.15) is 35.1 Å².